The summed E-state index contributed by atoms with van der Waals surface area (Å²) in [4.78, 5) is 8.31. The lowest BCUT2D eigenvalue weighted by molar-refractivity contribution is 0.260. The summed E-state index contributed by atoms with van der Waals surface area (Å²) in [6.45, 7) is 0. The van der Waals surface area contributed by atoms with Gasteiger partial charge in [0.2, 0.25) is 5.95 Å². The highest BCUT2D eigenvalue weighted by Gasteiger charge is 2.38. The molecule has 1 fully saturated rings. The molecule has 212 valence electrons. The fraction of sp³-hybridized carbons (Fsp3) is 0.226. The zero-order chi connectivity index (χ0) is 30.0. The topological polar surface area (TPSA) is 125 Å². The van der Waals surface area contributed by atoms with Crippen LogP contribution < -0.4 is 21.6 Å². The van der Waals surface area contributed by atoms with E-state index in [0.29, 0.717) is 63.0 Å². The third kappa shape index (κ3) is 5.78. The summed E-state index contributed by atoms with van der Waals surface area (Å²) in [6, 6.07) is 20.7. The normalized spacial score (nSPS) is 16.4. The summed E-state index contributed by atoms with van der Waals surface area (Å²) in [6.07, 6.45) is 7.72. The van der Waals surface area contributed by atoms with Crippen LogP contribution in [0.2, 0.25) is 5.02 Å². The number of fused-ring (bicyclic) bond motifs is 1. The number of hydrogen-bond acceptors (Lipinski definition) is 9. The molecule has 2 aromatic carbocycles. The van der Waals surface area contributed by atoms with Crippen molar-refractivity contribution in [2.45, 2.75) is 43.2 Å². The van der Waals surface area contributed by atoms with Crippen molar-refractivity contribution in [1.82, 2.24) is 25.9 Å². The number of aromatic nitrogens is 2. The SMILES string of the molecule is [B]C(Nc1cc(Cl)c2ncc(C#N)c(N[C@@H](CCC#N)c3ccccc3)c2c1)(C1=CN(C2CC2)NN1)c1ccc(F)nc1. The quantitative estimate of drug-likeness (QED) is 0.140. The lowest BCUT2D eigenvalue weighted by Gasteiger charge is -2.34. The Hall–Kier alpha value is -4.84. The molecule has 4 aromatic rings. The van der Waals surface area contributed by atoms with Crippen LogP contribution in [0.1, 0.15) is 48.4 Å². The van der Waals surface area contributed by atoms with Gasteiger partial charge >= 0.3 is 0 Å². The van der Waals surface area contributed by atoms with Gasteiger partial charge in [0.05, 0.1) is 45.0 Å². The van der Waals surface area contributed by atoms with Gasteiger partial charge in [0, 0.05) is 42.1 Å². The Morgan fingerprint density at radius 2 is 1.95 bits per heavy atom. The molecule has 3 heterocycles. The van der Waals surface area contributed by atoms with E-state index in [0.717, 1.165) is 18.4 Å². The average molecular weight is 590 g/mol. The summed E-state index contributed by atoms with van der Waals surface area (Å²) in [5.74, 6) is -0.624. The van der Waals surface area contributed by atoms with Gasteiger partial charge in [-0.05, 0) is 48.6 Å². The van der Waals surface area contributed by atoms with E-state index < -0.39 is 11.4 Å². The van der Waals surface area contributed by atoms with Crippen LogP contribution in [0.5, 0.6) is 0 Å². The average Bonchev–Trinajstić information content (AvgIpc) is 3.75. The Labute approximate surface area is 254 Å². The third-order valence-corrected chi connectivity index (χ3v) is 7.88. The number of hydrazine groups is 2. The second-order valence-electron chi connectivity index (χ2n) is 10.5. The smallest absolute Gasteiger partial charge is 0.212 e. The number of nitriles is 2. The number of nitrogens with one attached hydrogen (secondary N) is 4. The van der Waals surface area contributed by atoms with Crippen molar-refractivity contribution in [2.24, 2.45) is 0 Å². The molecule has 1 aliphatic heterocycles. The summed E-state index contributed by atoms with van der Waals surface area (Å²) >= 11 is 6.79. The van der Waals surface area contributed by atoms with Crippen molar-refractivity contribution in [2.75, 3.05) is 10.6 Å². The molecule has 2 atom stereocenters. The van der Waals surface area contributed by atoms with E-state index in [9.17, 15) is 14.9 Å². The summed E-state index contributed by atoms with van der Waals surface area (Å²) in [5, 5.41) is 29.1. The van der Waals surface area contributed by atoms with Crippen LogP contribution in [0, 0.1) is 28.6 Å². The van der Waals surface area contributed by atoms with Crippen molar-refractivity contribution in [3.8, 4) is 12.1 Å². The highest BCUT2D eigenvalue weighted by atomic mass is 35.5. The van der Waals surface area contributed by atoms with Crippen LogP contribution in [0.15, 0.2) is 78.9 Å². The molecule has 0 amide bonds. The minimum Gasteiger partial charge on any atom is -0.378 e. The summed E-state index contributed by atoms with van der Waals surface area (Å²) in [5.41, 5.74) is 8.86. The highest BCUT2D eigenvalue weighted by Crippen LogP contribution is 2.39. The second kappa shape index (κ2) is 11.8. The van der Waals surface area contributed by atoms with E-state index in [1.165, 1.54) is 18.5 Å². The Bertz CT molecular complexity index is 1770. The fourth-order valence-electron chi connectivity index (χ4n) is 5.17. The van der Waals surface area contributed by atoms with Gasteiger partial charge in [-0.2, -0.15) is 14.9 Å². The molecular formula is C31H26BClFN9. The van der Waals surface area contributed by atoms with Gasteiger partial charge in [0.15, 0.2) is 0 Å². The van der Waals surface area contributed by atoms with Crippen LogP contribution in [-0.4, -0.2) is 28.9 Å². The predicted octanol–water partition coefficient (Wildman–Crippen LogP) is 5.51. The van der Waals surface area contributed by atoms with Crippen LogP contribution in [0.4, 0.5) is 15.8 Å². The third-order valence-electron chi connectivity index (χ3n) is 7.59. The molecule has 1 saturated carbocycles. The molecule has 1 aliphatic carbocycles. The van der Waals surface area contributed by atoms with Crippen LogP contribution in [0.3, 0.4) is 0 Å². The maximum atomic E-state index is 13.8. The molecule has 0 bridgehead atoms. The van der Waals surface area contributed by atoms with Gasteiger partial charge in [0.1, 0.15) is 13.9 Å². The van der Waals surface area contributed by atoms with Gasteiger partial charge < -0.3 is 16.1 Å². The first-order valence-corrected chi connectivity index (χ1v) is 14.2. The number of benzene rings is 2. The number of pyridine rings is 2. The molecular weight excluding hydrogens is 564 g/mol. The number of rotatable bonds is 10. The van der Waals surface area contributed by atoms with Gasteiger partial charge in [-0.3, -0.25) is 9.99 Å². The lowest BCUT2D eigenvalue weighted by Crippen LogP contribution is -2.45. The number of hydrogen-bond donors (Lipinski definition) is 4. The first-order chi connectivity index (χ1) is 20.9. The molecule has 2 aliphatic rings. The molecule has 12 heteroatoms. The number of anilines is 2. The van der Waals surface area contributed by atoms with Gasteiger partial charge in [-0.25, -0.2) is 4.98 Å². The van der Waals surface area contributed by atoms with Gasteiger partial charge in [-0.1, -0.05) is 48.0 Å². The van der Waals surface area contributed by atoms with Crippen LogP contribution in [0.25, 0.3) is 10.9 Å². The summed E-state index contributed by atoms with van der Waals surface area (Å²) < 4.78 is 13.8. The van der Waals surface area contributed by atoms with Crippen molar-refractivity contribution in [1.29, 1.82) is 10.5 Å². The number of halogens is 2. The van der Waals surface area contributed by atoms with E-state index in [2.05, 4.69) is 43.7 Å². The minimum absolute atomic E-state index is 0.250. The monoisotopic (exact) mass is 589 g/mol. The number of nitrogens with zero attached hydrogens (tertiary/aromatic N) is 5. The molecule has 0 spiro atoms. The standard InChI is InChI=1S/C31H26BClFN9/c32-31(21-8-11-28(34)37-17-21,27-18-43(42-41-27)23-9-10-23)40-22-13-24-29(20(15-36)16-38-30(24)25(33)14-22)39-26(7-4-12-35)19-5-2-1-3-6-19/h1-3,5-6,8,11,13-14,16-18,23,26,40-42H,4,7,9-10H2,(H,38,39)/t26-,31?/m0/s1. The zero-order valence-corrected chi connectivity index (χ0v) is 23.7. The van der Waals surface area contributed by atoms with E-state index in [-0.39, 0.29) is 6.04 Å². The Morgan fingerprint density at radius 1 is 1.14 bits per heavy atom. The van der Waals surface area contributed by atoms with Gasteiger partial charge in [0.25, 0.3) is 0 Å². The summed E-state index contributed by atoms with van der Waals surface area (Å²) in [7, 11) is 7.06. The molecule has 6 rings (SSSR count). The maximum absolute atomic E-state index is 13.8. The van der Waals surface area contributed by atoms with Crippen LogP contribution in [-0.2, 0) is 5.44 Å². The van der Waals surface area contributed by atoms with Crippen LogP contribution >= 0.6 is 11.6 Å². The Kier molecular flexibility index (Phi) is 7.77. The second-order valence-corrected chi connectivity index (χ2v) is 10.9. The van der Waals surface area contributed by atoms with Crippen molar-refractivity contribution < 1.29 is 4.39 Å². The van der Waals surface area contributed by atoms with Crippen molar-refractivity contribution in [3.05, 3.63) is 107 Å². The van der Waals surface area contributed by atoms with E-state index in [4.69, 9.17) is 19.4 Å². The largest absolute Gasteiger partial charge is 0.378 e. The highest BCUT2D eigenvalue weighted by molar-refractivity contribution is 6.36. The molecule has 2 aromatic heterocycles. The van der Waals surface area contributed by atoms with E-state index in [1.807, 2.05) is 47.6 Å². The maximum Gasteiger partial charge on any atom is 0.212 e. The predicted molar refractivity (Wildman–Crippen MR) is 164 cm³/mol. The Balaban J connectivity index is 1.44. The molecule has 4 N–H and O–H groups in total. The first kappa shape index (κ1) is 28.3. The van der Waals surface area contributed by atoms with E-state index >= 15 is 0 Å². The molecule has 1 unspecified atom stereocenters. The van der Waals surface area contributed by atoms with E-state index in [1.54, 1.807) is 12.1 Å². The van der Waals surface area contributed by atoms with Crippen molar-refractivity contribution >= 4 is 41.7 Å². The molecule has 0 saturated heterocycles. The Morgan fingerprint density at radius 3 is 2.65 bits per heavy atom. The first-order valence-electron chi connectivity index (χ1n) is 13.8. The van der Waals surface area contributed by atoms with Gasteiger partial charge in [-0.15, -0.1) is 5.53 Å². The lowest BCUT2D eigenvalue weighted by atomic mass is 9.70. The van der Waals surface area contributed by atoms with Crippen molar-refractivity contribution in [3.63, 3.8) is 0 Å². The molecule has 43 heavy (non-hydrogen) atoms. The zero-order valence-electron chi connectivity index (χ0n) is 23.0. The molecule has 9 nitrogen and oxygen atoms in total. The minimum atomic E-state index is -1.37. The molecule has 2 radical (unpaired) electrons. The fourth-order valence-corrected chi connectivity index (χ4v) is 5.44.